The van der Waals surface area contributed by atoms with E-state index < -0.39 is 5.82 Å². The van der Waals surface area contributed by atoms with Crippen molar-refractivity contribution in [3.05, 3.63) is 35.1 Å². The summed E-state index contributed by atoms with van der Waals surface area (Å²) in [6.07, 6.45) is 3.74. The van der Waals surface area contributed by atoms with Gasteiger partial charge in [-0.2, -0.15) is 0 Å². The van der Waals surface area contributed by atoms with Crippen molar-refractivity contribution in [3.8, 4) is 0 Å². The molecule has 2 heterocycles. The Balaban J connectivity index is 1.68. The SMILES string of the molecule is Cc1cccc(F)c1C(=O)N1CCC2(CC1)CC(N(C)C)CCO2. The first-order valence-electron chi connectivity index (χ1n) is 8.77. The van der Waals surface area contributed by atoms with Crippen LogP contribution < -0.4 is 0 Å². The fourth-order valence-corrected chi connectivity index (χ4v) is 3.97. The number of halogens is 1. The minimum absolute atomic E-state index is 0.117. The topological polar surface area (TPSA) is 32.8 Å². The molecule has 1 unspecified atom stereocenters. The zero-order valence-corrected chi connectivity index (χ0v) is 14.8. The van der Waals surface area contributed by atoms with E-state index in [0.717, 1.165) is 32.3 Å². The van der Waals surface area contributed by atoms with Crippen LogP contribution in [-0.4, -0.2) is 61.1 Å². The summed E-state index contributed by atoms with van der Waals surface area (Å²) in [5.74, 6) is -0.623. The molecule has 0 aromatic heterocycles. The molecule has 3 rings (SSSR count). The standard InChI is InChI=1S/C19H27FN2O2/c1-14-5-4-6-16(20)17(14)18(23)22-10-8-19(9-11-22)13-15(21(2)3)7-12-24-19/h4-6,15H,7-13H2,1-3H3. The average molecular weight is 334 g/mol. The van der Waals surface area contributed by atoms with Crippen molar-refractivity contribution in [3.63, 3.8) is 0 Å². The van der Waals surface area contributed by atoms with Crippen LogP contribution >= 0.6 is 0 Å². The molecule has 1 spiro atoms. The monoisotopic (exact) mass is 334 g/mol. The van der Waals surface area contributed by atoms with Crippen LogP contribution in [0.4, 0.5) is 4.39 Å². The van der Waals surface area contributed by atoms with Crippen molar-refractivity contribution in [1.29, 1.82) is 0 Å². The summed E-state index contributed by atoms with van der Waals surface area (Å²) in [6, 6.07) is 5.32. The lowest BCUT2D eigenvalue weighted by molar-refractivity contribution is -0.125. The minimum atomic E-state index is -0.429. The van der Waals surface area contributed by atoms with Crippen molar-refractivity contribution in [1.82, 2.24) is 9.80 Å². The van der Waals surface area contributed by atoms with Gasteiger partial charge >= 0.3 is 0 Å². The molecule has 2 aliphatic heterocycles. The van der Waals surface area contributed by atoms with Gasteiger partial charge in [0.25, 0.3) is 5.91 Å². The van der Waals surface area contributed by atoms with Gasteiger partial charge in [0.2, 0.25) is 0 Å². The molecular formula is C19H27FN2O2. The van der Waals surface area contributed by atoms with Crippen LogP contribution in [0.5, 0.6) is 0 Å². The molecule has 0 bridgehead atoms. The Morgan fingerprint density at radius 2 is 2.04 bits per heavy atom. The number of aryl methyl sites for hydroxylation is 1. The maximum absolute atomic E-state index is 14.1. The van der Waals surface area contributed by atoms with Gasteiger partial charge in [-0.15, -0.1) is 0 Å². The number of hydrogen-bond donors (Lipinski definition) is 0. The van der Waals surface area contributed by atoms with Gasteiger partial charge in [-0.3, -0.25) is 4.79 Å². The van der Waals surface area contributed by atoms with Gasteiger partial charge < -0.3 is 14.5 Å². The second-order valence-electron chi connectivity index (χ2n) is 7.37. The molecule has 0 radical (unpaired) electrons. The number of carbonyl (C=O) groups excluding carboxylic acids is 1. The highest BCUT2D eigenvalue weighted by atomic mass is 19.1. The molecule has 1 atom stereocenters. The van der Waals surface area contributed by atoms with Gasteiger partial charge in [0.05, 0.1) is 11.2 Å². The second-order valence-corrected chi connectivity index (χ2v) is 7.37. The average Bonchev–Trinajstić information content (AvgIpc) is 2.55. The molecule has 4 nitrogen and oxygen atoms in total. The summed E-state index contributed by atoms with van der Waals surface area (Å²) < 4.78 is 20.2. The van der Waals surface area contributed by atoms with Crippen molar-refractivity contribution in [2.24, 2.45) is 0 Å². The Morgan fingerprint density at radius 3 is 2.67 bits per heavy atom. The highest BCUT2D eigenvalue weighted by Gasteiger charge is 2.42. The summed E-state index contributed by atoms with van der Waals surface area (Å²) in [5.41, 5.74) is 0.792. The third kappa shape index (κ3) is 3.33. The van der Waals surface area contributed by atoms with Crippen molar-refractivity contribution in [2.75, 3.05) is 33.8 Å². The molecule has 0 N–H and O–H groups in total. The van der Waals surface area contributed by atoms with E-state index in [4.69, 9.17) is 4.74 Å². The molecule has 2 aliphatic rings. The number of piperidine rings is 1. The minimum Gasteiger partial charge on any atom is -0.375 e. The van der Waals surface area contributed by atoms with Crippen LogP contribution in [0.2, 0.25) is 0 Å². The Hall–Kier alpha value is -1.46. The van der Waals surface area contributed by atoms with Gasteiger partial charge in [-0.1, -0.05) is 12.1 Å². The van der Waals surface area contributed by atoms with E-state index in [0.29, 0.717) is 24.7 Å². The molecule has 5 heteroatoms. The Labute approximate surface area is 143 Å². The zero-order chi connectivity index (χ0) is 17.3. The van der Waals surface area contributed by atoms with Crippen LogP contribution in [0.3, 0.4) is 0 Å². The molecule has 2 fully saturated rings. The van der Waals surface area contributed by atoms with E-state index >= 15 is 0 Å². The molecule has 0 saturated carbocycles. The summed E-state index contributed by atoms with van der Waals surface area (Å²) in [6.45, 7) is 3.83. The van der Waals surface area contributed by atoms with Gasteiger partial charge in [-0.05, 0) is 58.3 Å². The van der Waals surface area contributed by atoms with Crippen molar-refractivity contribution in [2.45, 2.75) is 44.2 Å². The predicted molar refractivity (Wildman–Crippen MR) is 91.7 cm³/mol. The Kier molecular flexibility index (Phi) is 4.92. The van der Waals surface area contributed by atoms with Gasteiger partial charge in [0.1, 0.15) is 5.82 Å². The smallest absolute Gasteiger partial charge is 0.257 e. The van der Waals surface area contributed by atoms with Crippen LogP contribution in [0.15, 0.2) is 18.2 Å². The quantitative estimate of drug-likeness (QED) is 0.834. The molecular weight excluding hydrogens is 307 g/mol. The second kappa shape index (κ2) is 6.81. The fourth-order valence-electron chi connectivity index (χ4n) is 3.97. The molecule has 0 aliphatic carbocycles. The first-order chi connectivity index (χ1) is 11.4. The largest absolute Gasteiger partial charge is 0.375 e. The van der Waals surface area contributed by atoms with Gasteiger partial charge in [0.15, 0.2) is 0 Å². The molecule has 1 amide bonds. The summed E-state index contributed by atoms with van der Waals surface area (Å²) in [5, 5.41) is 0. The third-order valence-corrected chi connectivity index (χ3v) is 5.59. The Bertz CT molecular complexity index is 589. The first kappa shape index (κ1) is 17.4. The van der Waals surface area contributed by atoms with Crippen LogP contribution in [0.25, 0.3) is 0 Å². The van der Waals surface area contributed by atoms with E-state index in [1.165, 1.54) is 6.07 Å². The van der Waals surface area contributed by atoms with Crippen molar-refractivity contribution >= 4 is 5.91 Å². The lowest BCUT2D eigenvalue weighted by atomic mass is 9.82. The number of carbonyl (C=O) groups is 1. The lowest BCUT2D eigenvalue weighted by Gasteiger charge is -2.47. The zero-order valence-electron chi connectivity index (χ0n) is 14.8. The van der Waals surface area contributed by atoms with E-state index in [1.807, 2.05) is 0 Å². The van der Waals surface area contributed by atoms with E-state index in [2.05, 4.69) is 19.0 Å². The normalized spacial score (nSPS) is 23.7. The number of benzene rings is 1. The summed E-state index contributed by atoms with van der Waals surface area (Å²) in [7, 11) is 4.23. The molecule has 2 saturated heterocycles. The first-order valence-corrected chi connectivity index (χ1v) is 8.77. The maximum Gasteiger partial charge on any atom is 0.257 e. The number of nitrogens with zero attached hydrogens (tertiary/aromatic N) is 2. The Morgan fingerprint density at radius 1 is 1.33 bits per heavy atom. The fraction of sp³-hybridized carbons (Fsp3) is 0.632. The molecule has 1 aromatic rings. The van der Waals surface area contributed by atoms with Crippen LogP contribution in [-0.2, 0) is 4.74 Å². The number of hydrogen-bond acceptors (Lipinski definition) is 3. The third-order valence-electron chi connectivity index (χ3n) is 5.59. The predicted octanol–water partition coefficient (Wildman–Crippen LogP) is 2.85. The number of likely N-dealkylation sites (tertiary alicyclic amines) is 1. The lowest BCUT2D eigenvalue weighted by Crippen LogP contribution is -2.53. The molecule has 132 valence electrons. The maximum atomic E-state index is 14.1. The highest BCUT2D eigenvalue weighted by molar-refractivity contribution is 5.96. The van der Waals surface area contributed by atoms with Gasteiger partial charge in [-0.25, -0.2) is 4.39 Å². The van der Waals surface area contributed by atoms with E-state index in [-0.39, 0.29) is 17.1 Å². The van der Waals surface area contributed by atoms with E-state index in [9.17, 15) is 9.18 Å². The molecule has 1 aromatic carbocycles. The van der Waals surface area contributed by atoms with Crippen LogP contribution in [0, 0.1) is 12.7 Å². The number of ether oxygens (including phenoxy) is 1. The number of rotatable bonds is 2. The van der Waals surface area contributed by atoms with Crippen LogP contribution in [0.1, 0.15) is 41.6 Å². The summed E-state index contributed by atoms with van der Waals surface area (Å²) in [4.78, 5) is 16.8. The van der Waals surface area contributed by atoms with Crippen molar-refractivity contribution < 1.29 is 13.9 Å². The number of amides is 1. The molecule has 24 heavy (non-hydrogen) atoms. The van der Waals surface area contributed by atoms with E-state index in [1.54, 1.807) is 24.0 Å². The summed E-state index contributed by atoms with van der Waals surface area (Å²) >= 11 is 0. The highest BCUT2D eigenvalue weighted by Crippen LogP contribution is 2.36. The van der Waals surface area contributed by atoms with Gasteiger partial charge in [0, 0.05) is 25.7 Å².